The normalized spacial score (nSPS) is 10.9. The molecule has 5 heteroatoms. The number of carbonyl (C=O) groups excluding carboxylic acids is 1. The lowest BCUT2D eigenvalue weighted by atomic mass is 10.1. The van der Waals surface area contributed by atoms with Gasteiger partial charge in [-0.05, 0) is 63.1 Å². The van der Waals surface area contributed by atoms with Crippen molar-refractivity contribution in [1.29, 1.82) is 0 Å². The average Bonchev–Trinajstić information content (AvgIpc) is 2.59. The van der Waals surface area contributed by atoms with Crippen LogP contribution in [0.15, 0.2) is 41.2 Å². The largest absolute Gasteiger partial charge is 0.326 e. The second-order valence-corrected chi connectivity index (χ2v) is 6.74. The number of nitrogens with one attached hydrogen (secondary N) is 1. The third kappa shape index (κ3) is 3.67. The lowest BCUT2D eigenvalue weighted by molar-refractivity contribution is -0.116. The molecule has 0 saturated carbocycles. The zero-order valence-corrected chi connectivity index (χ0v) is 15.6. The monoisotopic (exact) mass is 349 g/mol. The van der Waals surface area contributed by atoms with Gasteiger partial charge < -0.3 is 9.88 Å². The van der Waals surface area contributed by atoms with Gasteiger partial charge in [0.15, 0.2) is 0 Å². The van der Waals surface area contributed by atoms with Crippen molar-refractivity contribution in [3.8, 4) is 0 Å². The molecule has 0 aliphatic rings. The van der Waals surface area contributed by atoms with Crippen LogP contribution in [-0.4, -0.2) is 15.5 Å². The maximum atomic E-state index is 12.6. The number of nitrogens with zero attached hydrogens (tertiary/aromatic N) is 2. The molecule has 3 aromatic rings. The van der Waals surface area contributed by atoms with Crippen LogP contribution in [0.2, 0.25) is 0 Å². The highest BCUT2D eigenvalue weighted by atomic mass is 16.2. The Morgan fingerprint density at radius 1 is 1.04 bits per heavy atom. The molecule has 0 aliphatic heterocycles. The van der Waals surface area contributed by atoms with Gasteiger partial charge >= 0.3 is 0 Å². The van der Waals surface area contributed by atoms with E-state index in [9.17, 15) is 9.59 Å². The molecule has 1 aromatic heterocycles. The first-order valence-electron chi connectivity index (χ1n) is 8.70. The van der Waals surface area contributed by atoms with Crippen LogP contribution < -0.4 is 10.9 Å². The summed E-state index contributed by atoms with van der Waals surface area (Å²) in [6.07, 6.45) is 0.221. The summed E-state index contributed by atoms with van der Waals surface area (Å²) in [5.74, 6) is -0.118. The van der Waals surface area contributed by atoms with Crippen molar-refractivity contribution in [3.63, 3.8) is 0 Å². The molecule has 5 nitrogen and oxygen atoms in total. The molecule has 0 spiro atoms. The van der Waals surface area contributed by atoms with E-state index in [0.29, 0.717) is 12.2 Å². The lowest BCUT2D eigenvalue weighted by Gasteiger charge is -2.13. The van der Waals surface area contributed by atoms with Gasteiger partial charge in [-0.2, -0.15) is 0 Å². The molecule has 26 heavy (non-hydrogen) atoms. The molecule has 1 amide bonds. The Kier molecular flexibility index (Phi) is 4.89. The number of hydrogen-bond acceptors (Lipinski definition) is 3. The minimum Gasteiger partial charge on any atom is -0.326 e. The molecular weight excluding hydrogens is 326 g/mol. The number of carbonyl (C=O) groups is 1. The molecule has 0 aliphatic carbocycles. The van der Waals surface area contributed by atoms with Gasteiger partial charge in [-0.15, -0.1) is 0 Å². The minimum atomic E-state index is -0.149. The molecule has 1 heterocycles. The molecule has 2 aromatic carbocycles. The van der Waals surface area contributed by atoms with E-state index >= 15 is 0 Å². The maximum absolute atomic E-state index is 12.6. The summed E-state index contributed by atoms with van der Waals surface area (Å²) in [7, 11) is 0. The number of benzene rings is 2. The number of amides is 1. The van der Waals surface area contributed by atoms with Crippen LogP contribution in [-0.2, 0) is 11.3 Å². The van der Waals surface area contributed by atoms with Crippen LogP contribution in [0.3, 0.4) is 0 Å². The second kappa shape index (κ2) is 7.12. The number of hydrogen-bond donors (Lipinski definition) is 1. The van der Waals surface area contributed by atoms with Crippen molar-refractivity contribution in [2.75, 3.05) is 5.32 Å². The Morgan fingerprint density at radius 3 is 2.38 bits per heavy atom. The standard InChI is InChI=1S/C21H23N3O2/c1-13-5-7-17(8-6-13)23-20(25)9-10-24-19-12-15(3)14(2)11-18(19)22-16(4)21(24)26/h5-8,11-12H,9-10H2,1-4H3,(H,23,25). The third-order valence-corrected chi connectivity index (χ3v) is 4.62. The van der Waals surface area contributed by atoms with Crippen molar-refractivity contribution in [2.24, 2.45) is 0 Å². The van der Waals surface area contributed by atoms with Gasteiger partial charge in [0, 0.05) is 18.7 Å². The lowest BCUT2D eigenvalue weighted by Crippen LogP contribution is -2.26. The topological polar surface area (TPSA) is 64.0 Å². The molecule has 0 fully saturated rings. The number of rotatable bonds is 4. The molecule has 1 N–H and O–H groups in total. The zero-order valence-electron chi connectivity index (χ0n) is 15.6. The van der Waals surface area contributed by atoms with E-state index in [1.54, 1.807) is 11.5 Å². The van der Waals surface area contributed by atoms with E-state index in [4.69, 9.17) is 0 Å². The molecular formula is C21H23N3O2. The first kappa shape index (κ1) is 17.9. The van der Waals surface area contributed by atoms with Gasteiger partial charge in [-0.3, -0.25) is 9.59 Å². The van der Waals surface area contributed by atoms with E-state index in [1.807, 2.05) is 57.2 Å². The highest BCUT2D eigenvalue weighted by molar-refractivity contribution is 5.90. The highest BCUT2D eigenvalue weighted by Crippen LogP contribution is 2.17. The summed E-state index contributed by atoms with van der Waals surface area (Å²) in [6, 6.07) is 11.6. The van der Waals surface area contributed by atoms with E-state index in [0.717, 1.165) is 33.4 Å². The summed E-state index contributed by atoms with van der Waals surface area (Å²) in [4.78, 5) is 29.2. The minimum absolute atomic E-state index is 0.118. The van der Waals surface area contributed by atoms with Gasteiger partial charge in [0.25, 0.3) is 5.56 Å². The summed E-state index contributed by atoms with van der Waals surface area (Å²) < 4.78 is 1.65. The fourth-order valence-corrected chi connectivity index (χ4v) is 2.92. The van der Waals surface area contributed by atoms with Gasteiger partial charge in [-0.1, -0.05) is 17.7 Å². The van der Waals surface area contributed by atoms with Gasteiger partial charge in [-0.25, -0.2) is 4.98 Å². The molecule has 0 unspecified atom stereocenters. The Balaban J connectivity index is 1.85. The van der Waals surface area contributed by atoms with Gasteiger partial charge in [0.05, 0.1) is 11.0 Å². The second-order valence-electron chi connectivity index (χ2n) is 6.74. The van der Waals surface area contributed by atoms with Crippen LogP contribution in [0.25, 0.3) is 11.0 Å². The van der Waals surface area contributed by atoms with Crippen LogP contribution in [0.4, 0.5) is 5.69 Å². The van der Waals surface area contributed by atoms with E-state index < -0.39 is 0 Å². The third-order valence-electron chi connectivity index (χ3n) is 4.62. The van der Waals surface area contributed by atoms with Crippen molar-refractivity contribution < 1.29 is 4.79 Å². The predicted molar refractivity (Wildman–Crippen MR) is 105 cm³/mol. The fraction of sp³-hybridized carbons (Fsp3) is 0.286. The maximum Gasteiger partial charge on any atom is 0.272 e. The SMILES string of the molecule is Cc1ccc(NC(=O)CCn2c(=O)c(C)nc3cc(C)c(C)cc32)cc1. The molecule has 3 rings (SSSR count). The van der Waals surface area contributed by atoms with Gasteiger partial charge in [0.1, 0.15) is 5.69 Å². The summed E-state index contributed by atoms with van der Waals surface area (Å²) >= 11 is 0. The highest BCUT2D eigenvalue weighted by Gasteiger charge is 2.11. The van der Waals surface area contributed by atoms with Crippen molar-refractivity contribution >= 4 is 22.6 Å². The number of aryl methyl sites for hydroxylation is 5. The van der Waals surface area contributed by atoms with Crippen molar-refractivity contribution in [1.82, 2.24) is 9.55 Å². The summed E-state index contributed by atoms with van der Waals surface area (Å²) in [5, 5.41) is 2.87. The fourth-order valence-electron chi connectivity index (χ4n) is 2.92. The first-order chi connectivity index (χ1) is 12.3. The molecule has 0 bridgehead atoms. The van der Waals surface area contributed by atoms with Crippen LogP contribution in [0.5, 0.6) is 0 Å². The molecule has 0 radical (unpaired) electrons. The Hall–Kier alpha value is -2.95. The van der Waals surface area contributed by atoms with E-state index in [2.05, 4.69) is 10.3 Å². The van der Waals surface area contributed by atoms with Gasteiger partial charge in [0.2, 0.25) is 5.91 Å². The van der Waals surface area contributed by atoms with E-state index in [1.165, 1.54) is 0 Å². The van der Waals surface area contributed by atoms with E-state index in [-0.39, 0.29) is 17.9 Å². The summed E-state index contributed by atoms with van der Waals surface area (Å²) in [5.41, 5.74) is 5.97. The molecule has 0 atom stereocenters. The Bertz CT molecular complexity index is 1030. The van der Waals surface area contributed by atoms with Crippen molar-refractivity contribution in [2.45, 2.75) is 40.7 Å². The number of aromatic nitrogens is 2. The smallest absolute Gasteiger partial charge is 0.272 e. The number of anilines is 1. The average molecular weight is 349 g/mol. The number of fused-ring (bicyclic) bond motifs is 1. The quantitative estimate of drug-likeness (QED) is 0.782. The summed E-state index contributed by atoms with van der Waals surface area (Å²) in [6.45, 7) is 8.06. The van der Waals surface area contributed by atoms with Crippen LogP contribution >= 0.6 is 0 Å². The molecule has 134 valence electrons. The first-order valence-corrected chi connectivity index (χ1v) is 8.70. The van der Waals surface area contributed by atoms with Crippen LogP contribution in [0, 0.1) is 27.7 Å². The predicted octanol–water partition coefficient (Wildman–Crippen LogP) is 3.66. The van der Waals surface area contributed by atoms with Crippen LogP contribution in [0.1, 0.15) is 28.8 Å². The molecule has 0 saturated heterocycles. The zero-order chi connectivity index (χ0) is 18.8. The van der Waals surface area contributed by atoms with Crippen molar-refractivity contribution in [3.05, 3.63) is 69.1 Å². The Labute approximate surface area is 152 Å². The Morgan fingerprint density at radius 2 is 1.69 bits per heavy atom.